The first-order valence-electron chi connectivity index (χ1n) is 5.18. The molecule has 0 aliphatic carbocycles. The van der Waals surface area contributed by atoms with Gasteiger partial charge < -0.3 is 14.8 Å². The molecule has 0 aromatic rings. The van der Waals surface area contributed by atoms with Gasteiger partial charge in [-0.15, -0.1) is 0 Å². The summed E-state index contributed by atoms with van der Waals surface area (Å²) in [6.45, 7) is 6.86. The monoisotopic (exact) mass is 201 g/mol. The van der Waals surface area contributed by atoms with Crippen LogP contribution >= 0.6 is 0 Å². The Morgan fingerprint density at radius 2 is 2.29 bits per heavy atom. The van der Waals surface area contributed by atoms with Crippen molar-refractivity contribution < 1.29 is 14.3 Å². The number of carbonyl (C=O) groups excluding carboxylic acids is 1. The Labute approximate surface area is 85.0 Å². The summed E-state index contributed by atoms with van der Waals surface area (Å²) in [4.78, 5) is 11.0. The average Bonchev–Trinajstić information content (AvgIpc) is 2.63. The first kappa shape index (κ1) is 11.3. The third kappa shape index (κ3) is 4.46. The van der Waals surface area contributed by atoms with Crippen LogP contribution in [0.2, 0.25) is 0 Å². The molecule has 0 saturated carbocycles. The SMILES string of the molecule is CC(C)COC(=O)OCC1CCNC1. The van der Waals surface area contributed by atoms with Gasteiger partial charge in [0, 0.05) is 12.5 Å². The molecule has 1 unspecified atom stereocenters. The van der Waals surface area contributed by atoms with E-state index in [4.69, 9.17) is 9.47 Å². The van der Waals surface area contributed by atoms with Crippen molar-refractivity contribution in [1.82, 2.24) is 5.32 Å². The van der Waals surface area contributed by atoms with E-state index in [0.29, 0.717) is 25.0 Å². The highest BCUT2D eigenvalue weighted by Gasteiger charge is 2.16. The Bertz CT molecular complexity index is 176. The van der Waals surface area contributed by atoms with E-state index in [-0.39, 0.29) is 0 Å². The lowest BCUT2D eigenvalue weighted by Gasteiger charge is -2.10. The lowest BCUT2D eigenvalue weighted by molar-refractivity contribution is 0.0391. The number of hydrogen-bond donors (Lipinski definition) is 1. The molecule has 0 aromatic heterocycles. The van der Waals surface area contributed by atoms with E-state index in [1.165, 1.54) is 0 Å². The second kappa shape index (κ2) is 5.86. The van der Waals surface area contributed by atoms with Crippen LogP contribution in [0.3, 0.4) is 0 Å². The highest BCUT2D eigenvalue weighted by Crippen LogP contribution is 2.08. The summed E-state index contributed by atoms with van der Waals surface area (Å²) in [6.07, 6.45) is 0.544. The van der Waals surface area contributed by atoms with E-state index in [0.717, 1.165) is 19.5 Å². The zero-order valence-electron chi connectivity index (χ0n) is 8.91. The fourth-order valence-electron chi connectivity index (χ4n) is 1.32. The van der Waals surface area contributed by atoms with Crippen LogP contribution in [0, 0.1) is 11.8 Å². The van der Waals surface area contributed by atoms with Gasteiger partial charge in [-0.05, 0) is 18.9 Å². The zero-order chi connectivity index (χ0) is 10.4. The number of rotatable bonds is 4. The molecule has 0 aromatic carbocycles. The molecule has 0 amide bonds. The van der Waals surface area contributed by atoms with E-state index in [2.05, 4.69) is 5.32 Å². The van der Waals surface area contributed by atoms with Crippen molar-refractivity contribution in [1.29, 1.82) is 0 Å². The summed E-state index contributed by atoms with van der Waals surface area (Å²) in [7, 11) is 0. The topological polar surface area (TPSA) is 47.6 Å². The fourth-order valence-corrected chi connectivity index (χ4v) is 1.32. The van der Waals surface area contributed by atoms with Crippen LogP contribution in [0.25, 0.3) is 0 Å². The second-order valence-corrected chi connectivity index (χ2v) is 4.12. The number of ether oxygens (including phenoxy) is 2. The smallest absolute Gasteiger partial charge is 0.434 e. The minimum atomic E-state index is -0.536. The van der Waals surface area contributed by atoms with Gasteiger partial charge in [-0.2, -0.15) is 0 Å². The van der Waals surface area contributed by atoms with Gasteiger partial charge >= 0.3 is 6.16 Å². The lowest BCUT2D eigenvalue weighted by Crippen LogP contribution is -2.18. The predicted octanol–water partition coefficient (Wildman–Crippen LogP) is 1.41. The van der Waals surface area contributed by atoms with Crippen molar-refractivity contribution in [3.63, 3.8) is 0 Å². The van der Waals surface area contributed by atoms with Crippen molar-refractivity contribution in [3.05, 3.63) is 0 Å². The van der Waals surface area contributed by atoms with Crippen molar-refractivity contribution in [2.75, 3.05) is 26.3 Å². The van der Waals surface area contributed by atoms with Crippen LogP contribution in [-0.2, 0) is 9.47 Å². The van der Waals surface area contributed by atoms with Crippen LogP contribution in [0.1, 0.15) is 20.3 Å². The summed E-state index contributed by atoms with van der Waals surface area (Å²) in [6, 6.07) is 0. The Hall–Kier alpha value is -0.770. The second-order valence-electron chi connectivity index (χ2n) is 4.12. The average molecular weight is 201 g/mol. The lowest BCUT2D eigenvalue weighted by atomic mass is 10.1. The van der Waals surface area contributed by atoms with E-state index >= 15 is 0 Å². The molecule has 0 radical (unpaired) electrons. The quantitative estimate of drug-likeness (QED) is 0.698. The Kier molecular flexibility index (Phi) is 4.73. The molecule has 1 aliphatic heterocycles. The molecule has 14 heavy (non-hydrogen) atoms. The molecule has 1 fully saturated rings. The predicted molar refractivity (Wildman–Crippen MR) is 53.1 cm³/mol. The summed E-state index contributed by atoms with van der Waals surface area (Å²) in [5.41, 5.74) is 0. The third-order valence-corrected chi connectivity index (χ3v) is 2.13. The van der Waals surface area contributed by atoms with E-state index in [1.54, 1.807) is 0 Å². The van der Waals surface area contributed by atoms with E-state index in [1.807, 2.05) is 13.8 Å². The molecule has 82 valence electrons. The first-order chi connectivity index (χ1) is 6.68. The molecular formula is C10H19NO3. The number of hydrogen-bond acceptors (Lipinski definition) is 4. The van der Waals surface area contributed by atoms with Crippen LogP contribution < -0.4 is 5.32 Å². The third-order valence-electron chi connectivity index (χ3n) is 2.13. The van der Waals surface area contributed by atoms with E-state index in [9.17, 15) is 4.79 Å². The van der Waals surface area contributed by atoms with Crippen LogP contribution in [-0.4, -0.2) is 32.5 Å². The summed E-state index contributed by atoms with van der Waals surface area (Å²) < 4.78 is 9.86. The summed E-state index contributed by atoms with van der Waals surface area (Å²) in [5, 5.41) is 3.21. The van der Waals surface area contributed by atoms with Gasteiger partial charge in [-0.25, -0.2) is 4.79 Å². The Morgan fingerprint density at radius 1 is 1.50 bits per heavy atom. The molecule has 0 bridgehead atoms. The van der Waals surface area contributed by atoms with Crippen molar-refractivity contribution in [3.8, 4) is 0 Å². The number of nitrogens with one attached hydrogen (secondary N) is 1. The molecule has 4 heteroatoms. The molecule has 4 nitrogen and oxygen atoms in total. The maximum Gasteiger partial charge on any atom is 0.508 e. The van der Waals surface area contributed by atoms with Gasteiger partial charge in [0.05, 0.1) is 13.2 Å². The van der Waals surface area contributed by atoms with Gasteiger partial charge in [0.2, 0.25) is 0 Å². The van der Waals surface area contributed by atoms with Crippen molar-refractivity contribution in [2.45, 2.75) is 20.3 Å². The standard InChI is InChI=1S/C10H19NO3/c1-8(2)6-13-10(12)14-7-9-3-4-11-5-9/h8-9,11H,3-7H2,1-2H3. The first-order valence-corrected chi connectivity index (χ1v) is 5.18. The maximum atomic E-state index is 11.0. The minimum absolute atomic E-state index is 0.357. The zero-order valence-corrected chi connectivity index (χ0v) is 8.91. The van der Waals surface area contributed by atoms with Crippen LogP contribution in [0.4, 0.5) is 4.79 Å². The van der Waals surface area contributed by atoms with Crippen molar-refractivity contribution >= 4 is 6.16 Å². The number of carbonyl (C=O) groups is 1. The van der Waals surface area contributed by atoms with Gasteiger partial charge in [-0.3, -0.25) is 0 Å². The maximum absolute atomic E-state index is 11.0. The normalized spacial score (nSPS) is 21.2. The summed E-state index contributed by atoms with van der Waals surface area (Å²) in [5.74, 6) is 0.817. The molecule has 1 heterocycles. The van der Waals surface area contributed by atoms with Crippen LogP contribution in [0.15, 0.2) is 0 Å². The van der Waals surface area contributed by atoms with Gasteiger partial charge in [0.1, 0.15) is 0 Å². The van der Waals surface area contributed by atoms with Crippen molar-refractivity contribution in [2.24, 2.45) is 11.8 Å². The highest BCUT2D eigenvalue weighted by molar-refractivity contribution is 5.59. The van der Waals surface area contributed by atoms with Gasteiger partial charge in [-0.1, -0.05) is 13.8 Å². The summed E-state index contributed by atoms with van der Waals surface area (Å²) >= 11 is 0. The Morgan fingerprint density at radius 3 is 2.86 bits per heavy atom. The molecular weight excluding hydrogens is 182 g/mol. The van der Waals surface area contributed by atoms with Gasteiger partial charge in [0.15, 0.2) is 0 Å². The molecule has 0 spiro atoms. The minimum Gasteiger partial charge on any atom is -0.434 e. The highest BCUT2D eigenvalue weighted by atomic mass is 16.7. The van der Waals surface area contributed by atoms with E-state index < -0.39 is 6.16 Å². The molecule has 1 saturated heterocycles. The molecule has 1 rings (SSSR count). The molecule has 1 aliphatic rings. The molecule has 1 atom stereocenters. The Balaban J connectivity index is 2.02. The van der Waals surface area contributed by atoms with Crippen LogP contribution in [0.5, 0.6) is 0 Å². The fraction of sp³-hybridized carbons (Fsp3) is 0.900. The molecule has 1 N–H and O–H groups in total. The largest absolute Gasteiger partial charge is 0.508 e. The van der Waals surface area contributed by atoms with Gasteiger partial charge in [0.25, 0.3) is 0 Å².